The second-order valence-corrected chi connectivity index (χ2v) is 8.48. The number of benzene rings is 2. The number of allylic oxidation sites excluding steroid dienone is 1. The summed E-state index contributed by atoms with van der Waals surface area (Å²) < 4.78 is 0. The lowest BCUT2D eigenvalue weighted by Crippen LogP contribution is -2.48. The number of hydrogen-bond donors (Lipinski definition) is 2. The lowest BCUT2D eigenvalue weighted by atomic mass is 9.98. The van der Waals surface area contributed by atoms with E-state index < -0.39 is 6.03 Å². The van der Waals surface area contributed by atoms with Crippen LogP contribution >= 0.6 is 0 Å². The molecule has 0 saturated carbocycles. The molecule has 0 bridgehead atoms. The zero-order valence-electron chi connectivity index (χ0n) is 17.9. The average Bonchev–Trinajstić information content (AvgIpc) is 3.20. The van der Waals surface area contributed by atoms with E-state index >= 15 is 0 Å². The number of fused-ring (bicyclic) bond motifs is 2. The molecule has 3 aromatic rings. The fourth-order valence-electron chi connectivity index (χ4n) is 4.79. The van der Waals surface area contributed by atoms with Crippen LogP contribution in [0.4, 0.5) is 4.79 Å². The molecule has 0 spiro atoms. The predicted octanol–water partition coefficient (Wildman–Crippen LogP) is 3.99. The maximum absolute atomic E-state index is 13.5. The molecule has 1 fully saturated rings. The Morgan fingerprint density at radius 1 is 1.00 bits per heavy atom. The van der Waals surface area contributed by atoms with Crippen LogP contribution in [0.25, 0.3) is 22.6 Å². The van der Waals surface area contributed by atoms with Gasteiger partial charge in [0.05, 0.1) is 16.8 Å². The minimum absolute atomic E-state index is 0.0291. The van der Waals surface area contributed by atoms with E-state index in [-0.39, 0.29) is 11.9 Å². The van der Waals surface area contributed by atoms with Crippen molar-refractivity contribution < 1.29 is 9.59 Å². The number of urea groups is 1. The van der Waals surface area contributed by atoms with Gasteiger partial charge in [-0.1, -0.05) is 48.5 Å². The molecule has 6 heteroatoms. The zero-order valence-corrected chi connectivity index (χ0v) is 17.9. The van der Waals surface area contributed by atoms with Gasteiger partial charge < -0.3 is 16.0 Å². The van der Waals surface area contributed by atoms with Crippen molar-refractivity contribution in [3.05, 3.63) is 77.0 Å². The molecule has 3 amide bonds. The number of nitrogens with zero attached hydrogens (tertiary/aromatic N) is 2. The molecule has 1 aliphatic heterocycles. The van der Waals surface area contributed by atoms with Crippen molar-refractivity contribution in [3.63, 3.8) is 0 Å². The molecular weight excluding hydrogens is 400 g/mol. The van der Waals surface area contributed by atoms with E-state index in [1.807, 2.05) is 42.5 Å². The van der Waals surface area contributed by atoms with E-state index in [2.05, 4.69) is 23.5 Å². The van der Waals surface area contributed by atoms with E-state index in [0.29, 0.717) is 25.9 Å². The lowest BCUT2D eigenvalue weighted by Gasteiger charge is -2.31. The normalized spacial score (nSPS) is 17.5. The van der Waals surface area contributed by atoms with E-state index in [9.17, 15) is 9.59 Å². The van der Waals surface area contributed by atoms with Gasteiger partial charge in [-0.3, -0.25) is 4.79 Å². The summed E-state index contributed by atoms with van der Waals surface area (Å²) in [4.78, 5) is 31.5. The molecule has 0 radical (unpaired) electrons. The highest BCUT2D eigenvalue weighted by molar-refractivity contribution is 6.09. The van der Waals surface area contributed by atoms with E-state index in [1.54, 1.807) is 4.90 Å². The summed E-state index contributed by atoms with van der Waals surface area (Å²) in [5.74, 6) is -0.0571. The number of para-hydroxylation sites is 1. The van der Waals surface area contributed by atoms with Gasteiger partial charge in [0.15, 0.2) is 0 Å². The van der Waals surface area contributed by atoms with E-state index in [1.165, 1.54) is 5.57 Å². The Labute approximate surface area is 187 Å². The molecule has 3 N–H and O–H groups in total. The summed E-state index contributed by atoms with van der Waals surface area (Å²) >= 11 is 0. The zero-order chi connectivity index (χ0) is 22.1. The number of primary amides is 1. The van der Waals surface area contributed by atoms with Gasteiger partial charge >= 0.3 is 6.03 Å². The van der Waals surface area contributed by atoms with Crippen molar-refractivity contribution >= 4 is 34.5 Å². The fraction of sp³-hybridized carbons (Fsp3) is 0.269. The highest BCUT2D eigenvalue weighted by Gasteiger charge is 2.29. The van der Waals surface area contributed by atoms with Crippen LogP contribution in [0.3, 0.4) is 0 Å². The molecule has 32 heavy (non-hydrogen) atoms. The highest BCUT2D eigenvalue weighted by Crippen LogP contribution is 2.37. The molecule has 0 atom stereocenters. The first-order chi connectivity index (χ1) is 15.6. The van der Waals surface area contributed by atoms with Crippen molar-refractivity contribution in [2.75, 3.05) is 13.1 Å². The van der Waals surface area contributed by atoms with Gasteiger partial charge in [0.1, 0.15) is 0 Å². The van der Waals surface area contributed by atoms with Crippen LogP contribution in [0.2, 0.25) is 0 Å². The van der Waals surface area contributed by atoms with Crippen molar-refractivity contribution in [2.24, 2.45) is 5.73 Å². The van der Waals surface area contributed by atoms with Crippen molar-refractivity contribution in [1.29, 1.82) is 0 Å². The number of hydrogen-bond acceptors (Lipinski definition) is 3. The van der Waals surface area contributed by atoms with Crippen LogP contribution in [0.5, 0.6) is 0 Å². The minimum atomic E-state index is -0.398. The summed E-state index contributed by atoms with van der Waals surface area (Å²) in [5.41, 5.74) is 11.2. The first-order valence-corrected chi connectivity index (χ1v) is 11.1. The van der Waals surface area contributed by atoms with E-state index in [0.717, 1.165) is 46.1 Å². The molecule has 1 aliphatic carbocycles. The van der Waals surface area contributed by atoms with Gasteiger partial charge in [-0.2, -0.15) is 0 Å². The summed E-state index contributed by atoms with van der Waals surface area (Å²) in [5, 5.41) is 4.10. The third-order valence-electron chi connectivity index (χ3n) is 6.45. The fourth-order valence-corrected chi connectivity index (χ4v) is 4.79. The van der Waals surface area contributed by atoms with Crippen LogP contribution in [0.15, 0.2) is 54.6 Å². The molecule has 2 heterocycles. The van der Waals surface area contributed by atoms with Gasteiger partial charge in [0, 0.05) is 24.5 Å². The van der Waals surface area contributed by atoms with Crippen molar-refractivity contribution in [2.45, 2.75) is 31.7 Å². The first-order valence-electron chi connectivity index (χ1n) is 11.1. The van der Waals surface area contributed by atoms with Crippen LogP contribution in [-0.2, 0) is 6.42 Å². The number of rotatable bonds is 3. The number of amides is 3. The lowest BCUT2D eigenvalue weighted by molar-refractivity contribution is 0.0919. The smallest absolute Gasteiger partial charge is 0.314 e. The Hall–Kier alpha value is -3.67. The maximum atomic E-state index is 13.5. The predicted molar refractivity (Wildman–Crippen MR) is 126 cm³/mol. The summed E-state index contributed by atoms with van der Waals surface area (Å²) in [6, 6.07) is 17.7. The molecule has 1 aromatic heterocycles. The second-order valence-electron chi connectivity index (χ2n) is 8.48. The van der Waals surface area contributed by atoms with Crippen LogP contribution < -0.4 is 11.1 Å². The minimum Gasteiger partial charge on any atom is -0.351 e. The molecule has 2 aromatic carbocycles. The highest BCUT2D eigenvalue weighted by atomic mass is 16.2. The van der Waals surface area contributed by atoms with E-state index in [4.69, 9.17) is 10.7 Å². The number of likely N-dealkylation sites (tertiary alicyclic amines) is 1. The van der Waals surface area contributed by atoms with Gasteiger partial charge in [0.25, 0.3) is 5.91 Å². The molecule has 2 aliphatic rings. The first kappa shape index (κ1) is 20.2. The summed E-state index contributed by atoms with van der Waals surface area (Å²) in [6.45, 7) is 1.14. The third-order valence-corrected chi connectivity index (χ3v) is 6.45. The van der Waals surface area contributed by atoms with Gasteiger partial charge in [0.2, 0.25) is 0 Å². The number of nitrogens with one attached hydrogen (secondary N) is 1. The Morgan fingerprint density at radius 3 is 2.47 bits per heavy atom. The number of pyridine rings is 1. The molecule has 6 nitrogen and oxygen atoms in total. The van der Waals surface area contributed by atoms with Crippen LogP contribution in [0.1, 0.15) is 46.4 Å². The maximum Gasteiger partial charge on any atom is 0.314 e. The number of carbonyl (C=O) groups excluding carboxylic acids is 2. The number of nitrogens with two attached hydrogens (primary N) is 1. The molecule has 5 rings (SSSR count). The number of piperidine rings is 1. The van der Waals surface area contributed by atoms with Gasteiger partial charge in [-0.05, 0) is 54.5 Å². The summed E-state index contributed by atoms with van der Waals surface area (Å²) in [6.07, 6.45) is 5.26. The molecule has 162 valence electrons. The Kier molecular flexibility index (Phi) is 5.35. The number of aromatic nitrogens is 1. The topological polar surface area (TPSA) is 88.3 Å². The monoisotopic (exact) mass is 426 g/mol. The standard InChI is InChI=1S/C26H26N4O2/c27-26(32)30-14-12-19(13-15-30)28-25(31)23-20-8-4-5-9-22(20)29-24-18(10-11-21(23)24)16-17-6-2-1-3-7-17/h1-9,16,19H,10-15H2,(H2,27,32)(H,28,31). The Bertz CT molecular complexity index is 1210. The largest absolute Gasteiger partial charge is 0.351 e. The van der Waals surface area contributed by atoms with Crippen LogP contribution in [-0.4, -0.2) is 41.0 Å². The van der Waals surface area contributed by atoms with Crippen molar-refractivity contribution in [3.8, 4) is 0 Å². The van der Waals surface area contributed by atoms with Crippen LogP contribution in [0, 0.1) is 0 Å². The third kappa shape index (κ3) is 3.84. The van der Waals surface area contributed by atoms with Gasteiger partial charge in [-0.25, -0.2) is 9.78 Å². The van der Waals surface area contributed by atoms with Gasteiger partial charge in [-0.15, -0.1) is 0 Å². The molecular formula is C26H26N4O2. The molecule has 1 saturated heterocycles. The second kappa shape index (κ2) is 8.46. The average molecular weight is 427 g/mol. The quantitative estimate of drug-likeness (QED) is 0.664. The molecule has 0 unspecified atom stereocenters. The summed E-state index contributed by atoms with van der Waals surface area (Å²) in [7, 11) is 0. The Morgan fingerprint density at radius 2 is 1.72 bits per heavy atom. The Balaban J connectivity index is 1.49. The van der Waals surface area contributed by atoms with Crippen molar-refractivity contribution in [1.82, 2.24) is 15.2 Å². The SMILES string of the molecule is NC(=O)N1CCC(NC(=O)c2c3c(nc4ccccc24)C(=Cc2ccccc2)CC3)CC1. The number of carbonyl (C=O) groups is 2.